The number of Topliss-reactive ketones (excluding diaryl/α,β-unsaturated/α-hetero) is 1. The monoisotopic (exact) mass is 296 g/mol. The zero-order valence-corrected chi connectivity index (χ0v) is 13.2. The Kier molecular flexibility index (Phi) is 7.79. The summed E-state index contributed by atoms with van der Waals surface area (Å²) in [5.74, 6) is 1.15. The van der Waals surface area contributed by atoms with Crippen LogP contribution in [0.3, 0.4) is 0 Å². The quantitative estimate of drug-likeness (QED) is 0.490. The third kappa shape index (κ3) is 5.73. The minimum absolute atomic E-state index is 0.00685. The Morgan fingerprint density at radius 2 is 1.81 bits per heavy atom. The number of benzene rings is 1. The van der Waals surface area contributed by atoms with E-state index < -0.39 is 0 Å². The van der Waals surface area contributed by atoms with Crippen molar-refractivity contribution >= 4 is 5.78 Å². The van der Waals surface area contributed by atoms with Crippen molar-refractivity contribution in [3.05, 3.63) is 23.8 Å². The van der Waals surface area contributed by atoms with E-state index in [-0.39, 0.29) is 12.1 Å². The Bertz CT molecular complexity index is 438. The third-order valence-electron chi connectivity index (χ3n) is 2.89. The maximum atomic E-state index is 11.3. The molecule has 0 spiro atoms. The molecule has 0 aromatic heterocycles. The highest BCUT2D eigenvalue weighted by atomic mass is 16.7. The van der Waals surface area contributed by atoms with E-state index >= 15 is 0 Å². The predicted octanol–water partition coefficient (Wildman–Crippen LogP) is 3.07. The number of rotatable bonds is 10. The van der Waals surface area contributed by atoms with Crippen LogP contribution >= 0.6 is 0 Å². The summed E-state index contributed by atoms with van der Waals surface area (Å²) in [6.07, 6.45) is 0.363. The average molecular weight is 296 g/mol. The molecule has 0 aliphatic heterocycles. The van der Waals surface area contributed by atoms with E-state index in [0.29, 0.717) is 43.3 Å². The summed E-state index contributed by atoms with van der Waals surface area (Å²) in [6.45, 7) is 7.01. The van der Waals surface area contributed by atoms with Crippen molar-refractivity contribution in [2.24, 2.45) is 0 Å². The van der Waals surface area contributed by atoms with Crippen LogP contribution in [0.4, 0.5) is 0 Å². The van der Waals surface area contributed by atoms with Crippen LogP contribution in [0.15, 0.2) is 18.2 Å². The summed E-state index contributed by atoms with van der Waals surface area (Å²) in [5, 5.41) is 0. The van der Waals surface area contributed by atoms with Gasteiger partial charge in [0.25, 0.3) is 0 Å². The van der Waals surface area contributed by atoms with Gasteiger partial charge in [-0.15, -0.1) is 0 Å². The summed E-state index contributed by atoms with van der Waals surface area (Å²) in [5.41, 5.74) is 0.598. The van der Waals surface area contributed by atoms with E-state index in [1.54, 1.807) is 25.3 Å². The van der Waals surface area contributed by atoms with Crippen molar-refractivity contribution in [1.82, 2.24) is 0 Å². The van der Waals surface area contributed by atoms with Crippen LogP contribution in [0.2, 0.25) is 0 Å². The van der Waals surface area contributed by atoms with E-state index in [1.807, 2.05) is 13.8 Å². The van der Waals surface area contributed by atoms with E-state index in [0.717, 1.165) is 0 Å². The summed E-state index contributed by atoms with van der Waals surface area (Å²) < 4.78 is 21.8. The number of carbonyl (C=O) groups is 1. The fourth-order valence-corrected chi connectivity index (χ4v) is 1.86. The van der Waals surface area contributed by atoms with Gasteiger partial charge in [-0.2, -0.15) is 0 Å². The van der Waals surface area contributed by atoms with Crippen molar-refractivity contribution in [2.45, 2.75) is 33.5 Å². The molecule has 0 fully saturated rings. The van der Waals surface area contributed by atoms with Crippen LogP contribution in [0, 0.1) is 0 Å². The van der Waals surface area contributed by atoms with Gasteiger partial charge in [0, 0.05) is 25.2 Å². The average Bonchev–Trinajstić information content (AvgIpc) is 2.47. The van der Waals surface area contributed by atoms with Crippen LogP contribution in [-0.2, 0) is 9.47 Å². The van der Waals surface area contributed by atoms with Crippen molar-refractivity contribution in [2.75, 3.05) is 26.9 Å². The second-order valence-electron chi connectivity index (χ2n) is 4.40. The van der Waals surface area contributed by atoms with Crippen molar-refractivity contribution in [3.63, 3.8) is 0 Å². The van der Waals surface area contributed by atoms with Gasteiger partial charge in [-0.25, -0.2) is 0 Å². The lowest BCUT2D eigenvalue weighted by Crippen LogP contribution is -2.20. The molecule has 0 atom stereocenters. The molecular formula is C16H24O5. The molecule has 5 nitrogen and oxygen atoms in total. The molecule has 1 aromatic carbocycles. The summed E-state index contributed by atoms with van der Waals surface area (Å²) in [6, 6.07) is 5.15. The predicted molar refractivity (Wildman–Crippen MR) is 80.2 cm³/mol. The van der Waals surface area contributed by atoms with Crippen LogP contribution in [0.5, 0.6) is 11.5 Å². The van der Waals surface area contributed by atoms with Crippen LogP contribution < -0.4 is 9.47 Å². The highest BCUT2D eigenvalue weighted by molar-refractivity contribution is 5.94. The Morgan fingerprint density at radius 3 is 2.33 bits per heavy atom. The summed E-state index contributed by atoms with van der Waals surface area (Å²) >= 11 is 0. The number of hydrogen-bond donors (Lipinski definition) is 0. The maximum absolute atomic E-state index is 11.3. The van der Waals surface area contributed by atoms with Crippen LogP contribution in [0.25, 0.3) is 0 Å². The molecule has 0 radical (unpaired) electrons. The molecule has 0 saturated carbocycles. The second-order valence-corrected chi connectivity index (χ2v) is 4.40. The van der Waals surface area contributed by atoms with E-state index in [1.165, 1.54) is 6.92 Å². The first-order chi connectivity index (χ1) is 10.1. The minimum atomic E-state index is -0.262. The Morgan fingerprint density at radius 1 is 1.14 bits per heavy atom. The van der Waals surface area contributed by atoms with Crippen molar-refractivity contribution in [3.8, 4) is 11.5 Å². The van der Waals surface area contributed by atoms with Gasteiger partial charge in [-0.05, 0) is 39.0 Å². The number of hydrogen-bond acceptors (Lipinski definition) is 5. The molecular weight excluding hydrogens is 272 g/mol. The lowest BCUT2D eigenvalue weighted by atomic mass is 10.1. The standard InChI is InChI=1S/C16H24O5/c1-5-19-16(20-6-2)9-10-21-14-8-7-13(12(3)17)11-15(14)18-4/h7-8,11,16H,5-6,9-10H2,1-4H3. The molecule has 0 aliphatic rings. The molecule has 1 rings (SSSR count). The fraction of sp³-hybridized carbons (Fsp3) is 0.562. The Hall–Kier alpha value is -1.59. The molecule has 0 N–H and O–H groups in total. The first kappa shape index (κ1) is 17.5. The van der Waals surface area contributed by atoms with Crippen molar-refractivity contribution < 1.29 is 23.7 Å². The molecule has 0 bridgehead atoms. The number of methoxy groups -OCH3 is 1. The number of ether oxygens (including phenoxy) is 4. The van der Waals surface area contributed by atoms with Crippen LogP contribution in [0.1, 0.15) is 37.6 Å². The zero-order chi connectivity index (χ0) is 15.7. The molecule has 0 amide bonds. The van der Waals surface area contributed by atoms with Crippen LogP contribution in [-0.4, -0.2) is 39.0 Å². The molecule has 118 valence electrons. The van der Waals surface area contributed by atoms with Gasteiger partial charge >= 0.3 is 0 Å². The van der Waals surface area contributed by atoms with Gasteiger partial charge in [-0.3, -0.25) is 4.79 Å². The smallest absolute Gasteiger partial charge is 0.161 e. The molecule has 21 heavy (non-hydrogen) atoms. The summed E-state index contributed by atoms with van der Waals surface area (Å²) in [4.78, 5) is 11.3. The molecule has 0 unspecified atom stereocenters. The van der Waals surface area contributed by atoms with Gasteiger partial charge in [0.15, 0.2) is 23.6 Å². The van der Waals surface area contributed by atoms with E-state index in [2.05, 4.69) is 0 Å². The maximum Gasteiger partial charge on any atom is 0.161 e. The van der Waals surface area contributed by atoms with Gasteiger partial charge in [0.1, 0.15) is 0 Å². The topological polar surface area (TPSA) is 54.0 Å². The molecule has 0 aliphatic carbocycles. The highest BCUT2D eigenvalue weighted by Crippen LogP contribution is 2.28. The van der Waals surface area contributed by atoms with Crippen molar-refractivity contribution in [1.29, 1.82) is 0 Å². The summed E-state index contributed by atoms with van der Waals surface area (Å²) in [7, 11) is 1.55. The molecule has 0 heterocycles. The first-order valence-electron chi connectivity index (χ1n) is 7.17. The number of ketones is 1. The van der Waals surface area contributed by atoms with E-state index in [9.17, 15) is 4.79 Å². The fourth-order valence-electron chi connectivity index (χ4n) is 1.86. The normalized spacial score (nSPS) is 10.7. The zero-order valence-electron chi connectivity index (χ0n) is 13.2. The largest absolute Gasteiger partial charge is 0.493 e. The van der Waals surface area contributed by atoms with E-state index in [4.69, 9.17) is 18.9 Å². The molecule has 0 saturated heterocycles. The van der Waals surface area contributed by atoms with Gasteiger partial charge < -0.3 is 18.9 Å². The second kappa shape index (κ2) is 9.37. The van der Waals surface area contributed by atoms with Gasteiger partial charge in [-0.1, -0.05) is 0 Å². The number of carbonyl (C=O) groups excluding carboxylic acids is 1. The minimum Gasteiger partial charge on any atom is -0.493 e. The lowest BCUT2D eigenvalue weighted by Gasteiger charge is -2.17. The lowest BCUT2D eigenvalue weighted by molar-refractivity contribution is -0.142. The third-order valence-corrected chi connectivity index (χ3v) is 2.89. The molecule has 5 heteroatoms. The highest BCUT2D eigenvalue weighted by Gasteiger charge is 2.11. The van der Waals surface area contributed by atoms with Gasteiger partial charge in [0.05, 0.1) is 13.7 Å². The van der Waals surface area contributed by atoms with Gasteiger partial charge in [0.2, 0.25) is 0 Å². The Labute approximate surface area is 126 Å². The molecule has 1 aromatic rings. The Balaban J connectivity index is 2.60. The first-order valence-corrected chi connectivity index (χ1v) is 7.17. The SMILES string of the molecule is CCOC(CCOc1ccc(C(C)=O)cc1OC)OCC.